The number of nitrogens with zero attached hydrogens (tertiary/aromatic N) is 3. The number of carbonyl (C=O) groups excluding carboxylic acids is 1. The average Bonchev–Trinajstić information content (AvgIpc) is 3.45. The van der Waals surface area contributed by atoms with Crippen molar-refractivity contribution in [1.82, 2.24) is 14.0 Å². The predicted molar refractivity (Wildman–Crippen MR) is 109 cm³/mol. The molecule has 2 bridgehead atoms. The zero-order valence-corrected chi connectivity index (χ0v) is 17.2. The van der Waals surface area contributed by atoms with Crippen LogP contribution in [0.3, 0.4) is 0 Å². The van der Waals surface area contributed by atoms with Crippen molar-refractivity contribution in [3.63, 3.8) is 0 Å². The molecular weight excluding hydrogens is 443 g/mol. The molecule has 11 heteroatoms. The molecule has 0 radical (unpaired) electrons. The topological polar surface area (TPSA) is 85.9 Å². The molecule has 33 heavy (non-hydrogen) atoms. The molecule has 1 aromatic heterocycles. The summed E-state index contributed by atoms with van der Waals surface area (Å²) in [6.07, 6.45) is -4.85. The maximum Gasteiger partial charge on any atom is 0.416 e. The molecule has 3 heterocycles. The van der Waals surface area contributed by atoms with Crippen LogP contribution in [-0.4, -0.2) is 38.9 Å². The second-order valence-electron chi connectivity index (χ2n) is 7.85. The summed E-state index contributed by atoms with van der Waals surface area (Å²) < 4.78 is 52.0. The molecule has 1 amide bonds. The van der Waals surface area contributed by atoms with Crippen molar-refractivity contribution in [3.05, 3.63) is 70.3 Å². The highest BCUT2D eigenvalue weighted by Crippen LogP contribution is 2.49. The molecule has 0 unspecified atom stereocenters. The van der Waals surface area contributed by atoms with Crippen molar-refractivity contribution >= 4 is 6.09 Å². The van der Waals surface area contributed by atoms with Crippen LogP contribution in [0.15, 0.2) is 53.3 Å². The van der Waals surface area contributed by atoms with E-state index in [1.165, 1.54) is 28.7 Å². The minimum atomic E-state index is -4.60. The van der Waals surface area contributed by atoms with Gasteiger partial charge in [0.2, 0.25) is 5.88 Å². The molecule has 2 aliphatic rings. The van der Waals surface area contributed by atoms with E-state index in [0.717, 1.165) is 16.7 Å². The molecular formula is C22H18F3N3O5. The van der Waals surface area contributed by atoms with Gasteiger partial charge in [-0.2, -0.15) is 13.2 Å². The van der Waals surface area contributed by atoms with E-state index in [-0.39, 0.29) is 17.9 Å². The summed E-state index contributed by atoms with van der Waals surface area (Å²) in [6.45, 7) is 0.179. The summed E-state index contributed by atoms with van der Waals surface area (Å²) in [6, 6.07) is 9.52. The molecule has 1 fully saturated rings. The van der Waals surface area contributed by atoms with Gasteiger partial charge in [-0.15, -0.1) is 0 Å². The van der Waals surface area contributed by atoms with Gasteiger partial charge in [-0.05, 0) is 48.9 Å². The lowest BCUT2D eigenvalue weighted by Crippen LogP contribution is -2.39. The van der Waals surface area contributed by atoms with Gasteiger partial charge in [0, 0.05) is 6.54 Å². The third kappa shape index (κ3) is 3.31. The summed E-state index contributed by atoms with van der Waals surface area (Å²) in [5.41, 5.74) is -1.52. The minimum Gasteiger partial charge on any atom is -0.497 e. The number of aromatic hydroxyl groups is 1. The summed E-state index contributed by atoms with van der Waals surface area (Å²) >= 11 is 0. The van der Waals surface area contributed by atoms with Crippen molar-refractivity contribution < 1.29 is 32.5 Å². The smallest absolute Gasteiger partial charge is 0.416 e. The number of alkyl halides is 3. The second-order valence-corrected chi connectivity index (χ2v) is 7.85. The van der Waals surface area contributed by atoms with Gasteiger partial charge in [0.25, 0.3) is 0 Å². The Labute approximate surface area is 185 Å². The minimum absolute atomic E-state index is 0.110. The molecule has 172 valence electrons. The van der Waals surface area contributed by atoms with Crippen LogP contribution >= 0.6 is 0 Å². The zero-order chi connectivity index (χ0) is 23.5. The first-order valence-corrected chi connectivity index (χ1v) is 10.0. The van der Waals surface area contributed by atoms with Gasteiger partial charge in [-0.1, -0.05) is 6.07 Å². The van der Waals surface area contributed by atoms with Crippen LogP contribution in [0.25, 0.3) is 5.69 Å². The summed E-state index contributed by atoms with van der Waals surface area (Å²) in [5.74, 6) is 0.403. The molecule has 8 nitrogen and oxygen atoms in total. The Kier molecular flexibility index (Phi) is 4.66. The average molecular weight is 461 g/mol. The van der Waals surface area contributed by atoms with Crippen LogP contribution in [-0.2, 0) is 6.18 Å². The number of carbonyl (C=O) groups is 1. The number of ether oxygens (including phenoxy) is 2. The van der Waals surface area contributed by atoms with E-state index < -0.39 is 41.5 Å². The number of likely N-dealkylation sites (tertiary alicyclic amines) is 1. The number of amides is 1. The Hall–Kier alpha value is -3.89. The number of fused-ring (bicyclic) bond motifs is 5. The van der Waals surface area contributed by atoms with Crippen LogP contribution in [0.4, 0.5) is 18.0 Å². The number of imidazole rings is 1. The fourth-order valence-electron chi connectivity index (χ4n) is 4.51. The van der Waals surface area contributed by atoms with E-state index in [2.05, 4.69) is 0 Å². The first kappa shape index (κ1) is 21.0. The molecule has 5 rings (SSSR count). The third-order valence-electron chi connectivity index (χ3n) is 5.99. The quantitative estimate of drug-likeness (QED) is 0.640. The maximum atomic E-state index is 13.1. The lowest BCUT2D eigenvalue weighted by molar-refractivity contribution is -0.137. The first-order valence-electron chi connectivity index (χ1n) is 10.0. The number of hydrogen-bond donors (Lipinski definition) is 1. The molecule has 0 saturated carbocycles. The molecule has 2 aromatic carbocycles. The van der Waals surface area contributed by atoms with E-state index in [1.54, 1.807) is 24.3 Å². The first-order chi connectivity index (χ1) is 15.7. The molecule has 1 saturated heterocycles. The highest BCUT2D eigenvalue weighted by molar-refractivity contribution is 5.72. The SMILES string of the molecule is COc1ccc(OC(=O)N2C[C@@H]3C[C@H]2c2c(O)n(-c4cccc(C(F)(F)F)c4)c(=O)n23)cc1. The molecule has 1 N–H and O–H groups in total. The van der Waals surface area contributed by atoms with Crippen molar-refractivity contribution in [2.24, 2.45) is 0 Å². The van der Waals surface area contributed by atoms with Crippen LogP contribution < -0.4 is 15.2 Å². The van der Waals surface area contributed by atoms with Crippen LogP contribution in [0.5, 0.6) is 17.4 Å². The highest BCUT2D eigenvalue weighted by Gasteiger charge is 2.50. The van der Waals surface area contributed by atoms with Gasteiger partial charge in [0.1, 0.15) is 17.2 Å². The number of methoxy groups -OCH3 is 1. The van der Waals surface area contributed by atoms with Crippen molar-refractivity contribution in [2.75, 3.05) is 13.7 Å². The number of halogens is 3. The Bertz CT molecular complexity index is 1300. The summed E-state index contributed by atoms with van der Waals surface area (Å²) in [4.78, 5) is 27.2. The standard InChI is InChI=1S/C22H18F3N3O5/c1-32-15-5-7-16(8-6-15)33-21(31)26-11-14-10-17(26)18-19(29)28(20(30)27(14)18)13-4-2-3-12(9-13)22(23,24)25/h2-9,14,17,29H,10-11H2,1H3/t14-,17-/m0/s1. The van der Waals surface area contributed by atoms with Gasteiger partial charge in [0.15, 0.2) is 0 Å². The molecule has 3 aromatic rings. The van der Waals surface area contributed by atoms with Crippen LogP contribution in [0.1, 0.15) is 29.8 Å². The van der Waals surface area contributed by atoms with E-state index in [0.29, 0.717) is 17.9 Å². The highest BCUT2D eigenvalue weighted by atomic mass is 19.4. The van der Waals surface area contributed by atoms with E-state index in [1.807, 2.05) is 0 Å². The Morgan fingerprint density at radius 2 is 1.82 bits per heavy atom. The number of rotatable bonds is 3. The number of aromatic nitrogens is 2. The van der Waals surface area contributed by atoms with E-state index >= 15 is 0 Å². The molecule has 2 atom stereocenters. The van der Waals surface area contributed by atoms with Crippen LogP contribution in [0, 0.1) is 0 Å². The van der Waals surface area contributed by atoms with Gasteiger partial charge < -0.3 is 14.6 Å². The van der Waals surface area contributed by atoms with Crippen molar-refractivity contribution in [1.29, 1.82) is 0 Å². The van der Waals surface area contributed by atoms with E-state index in [4.69, 9.17) is 9.47 Å². The third-order valence-corrected chi connectivity index (χ3v) is 5.99. The van der Waals surface area contributed by atoms with Crippen molar-refractivity contribution in [3.8, 4) is 23.1 Å². The van der Waals surface area contributed by atoms with Gasteiger partial charge in [0.05, 0.1) is 30.4 Å². The maximum absolute atomic E-state index is 13.1. The number of benzene rings is 2. The number of hydrogen-bond acceptors (Lipinski definition) is 5. The summed E-state index contributed by atoms with van der Waals surface area (Å²) in [7, 11) is 1.51. The van der Waals surface area contributed by atoms with Gasteiger partial charge in [-0.25, -0.2) is 14.2 Å². The van der Waals surface area contributed by atoms with Crippen molar-refractivity contribution in [2.45, 2.75) is 24.7 Å². The lowest BCUT2D eigenvalue weighted by atomic mass is 10.2. The predicted octanol–water partition coefficient (Wildman–Crippen LogP) is 3.87. The monoisotopic (exact) mass is 461 g/mol. The zero-order valence-electron chi connectivity index (χ0n) is 17.2. The van der Waals surface area contributed by atoms with Crippen LogP contribution in [0.2, 0.25) is 0 Å². The van der Waals surface area contributed by atoms with E-state index in [9.17, 15) is 27.9 Å². The largest absolute Gasteiger partial charge is 0.497 e. The summed E-state index contributed by atoms with van der Waals surface area (Å²) in [5, 5.41) is 10.8. The normalized spacial score (nSPS) is 19.0. The molecule has 0 aliphatic carbocycles. The lowest BCUT2D eigenvalue weighted by Gasteiger charge is -2.26. The Balaban J connectivity index is 1.46. The molecule has 0 spiro atoms. The van der Waals surface area contributed by atoms with Gasteiger partial charge in [-0.3, -0.25) is 9.47 Å². The Morgan fingerprint density at radius 3 is 2.48 bits per heavy atom. The Morgan fingerprint density at radius 1 is 1.12 bits per heavy atom. The molecule has 2 aliphatic heterocycles. The second kappa shape index (κ2) is 7.32. The fourth-order valence-corrected chi connectivity index (χ4v) is 4.51. The van der Waals surface area contributed by atoms with Gasteiger partial charge >= 0.3 is 18.0 Å². The fraction of sp³-hybridized carbons (Fsp3) is 0.273.